The Morgan fingerprint density at radius 3 is 2.57 bits per heavy atom. The third-order valence-electron chi connectivity index (χ3n) is 3.25. The summed E-state index contributed by atoms with van der Waals surface area (Å²) in [5, 5.41) is 14.2. The highest BCUT2D eigenvalue weighted by Gasteiger charge is 2.21. The molecular weight excluding hydrogens is 320 g/mol. The van der Waals surface area contributed by atoms with Gasteiger partial charge in [0.05, 0.1) is 21.6 Å². The third-order valence-corrected chi connectivity index (χ3v) is 4.66. The van der Waals surface area contributed by atoms with Crippen LogP contribution in [0.3, 0.4) is 0 Å². The first kappa shape index (κ1) is 16.8. The Bertz CT molecular complexity index is 809. The van der Waals surface area contributed by atoms with Gasteiger partial charge in [-0.15, -0.1) is 0 Å². The molecule has 23 heavy (non-hydrogen) atoms. The maximum atomic E-state index is 11.8. The number of benzene rings is 1. The Morgan fingerprint density at radius 1 is 1.26 bits per heavy atom. The first-order valence-corrected chi connectivity index (χ1v) is 8.23. The number of hydrogen-bond donors (Lipinski definition) is 2. The second-order valence-electron chi connectivity index (χ2n) is 4.76. The van der Waals surface area contributed by atoms with Gasteiger partial charge in [-0.25, -0.2) is 13.1 Å². The SMILES string of the molecule is CNS(=O)(=O)c1ccc(NC(C)c2ccccn2)c([N+](=O)[O-])c1. The van der Waals surface area contributed by atoms with Crippen molar-refractivity contribution in [3.63, 3.8) is 0 Å². The van der Waals surface area contributed by atoms with E-state index in [0.717, 1.165) is 6.07 Å². The minimum absolute atomic E-state index is 0.164. The molecule has 2 aromatic rings. The Balaban J connectivity index is 2.37. The number of pyridine rings is 1. The van der Waals surface area contributed by atoms with Crippen LogP contribution in [0.1, 0.15) is 18.7 Å². The highest BCUT2D eigenvalue weighted by atomic mass is 32.2. The summed E-state index contributed by atoms with van der Waals surface area (Å²) in [5.74, 6) is 0. The quantitative estimate of drug-likeness (QED) is 0.616. The molecule has 0 saturated heterocycles. The molecule has 0 spiro atoms. The molecule has 8 nitrogen and oxygen atoms in total. The first-order chi connectivity index (χ1) is 10.8. The fourth-order valence-corrected chi connectivity index (χ4v) is 2.76. The lowest BCUT2D eigenvalue weighted by atomic mass is 10.2. The molecule has 2 N–H and O–H groups in total. The van der Waals surface area contributed by atoms with Crippen molar-refractivity contribution in [1.82, 2.24) is 9.71 Å². The van der Waals surface area contributed by atoms with E-state index in [9.17, 15) is 18.5 Å². The number of aromatic nitrogens is 1. The standard InChI is InChI=1S/C14H16N4O4S/c1-10(12-5-3-4-8-16-12)17-13-7-6-11(23(21,22)15-2)9-14(13)18(19)20/h3-10,15,17H,1-2H3. The van der Waals surface area contributed by atoms with E-state index in [1.54, 1.807) is 18.3 Å². The number of nitro groups is 1. The average molecular weight is 336 g/mol. The van der Waals surface area contributed by atoms with Gasteiger partial charge in [0.2, 0.25) is 10.0 Å². The maximum absolute atomic E-state index is 11.8. The van der Waals surface area contributed by atoms with Crippen LogP contribution in [0.25, 0.3) is 0 Å². The number of nitrogens with one attached hydrogen (secondary N) is 2. The van der Waals surface area contributed by atoms with Crippen LogP contribution in [0.15, 0.2) is 47.5 Å². The van der Waals surface area contributed by atoms with Crippen LogP contribution in [-0.4, -0.2) is 25.4 Å². The number of hydrogen-bond acceptors (Lipinski definition) is 6. The summed E-state index contributed by atoms with van der Waals surface area (Å²) in [6.07, 6.45) is 1.63. The third kappa shape index (κ3) is 3.82. The van der Waals surface area contributed by atoms with Gasteiger partial charge in [0.1, 0.15) is 5.69 Å². The zero-order chi connectivity index (χ0) is 17.0. The van der Waals surface area contributed by atoms with E-state index in [1.165, 1.54) is 19.2 Å². The van der Waals surface area contributed by atoms with Crippen molar-refractivity contribution in [2.75, 3.05) is 12.4 Å². The molecule has 0 radical (unpaired) electrons. The van der Waals surface area contributed by atoms with Crippen molar-refractivity contribution in [2.45, 2.75) is 17.9 Å². The summed E-state index contributed by atoms with van der Waals surface area (Å²) in [4.78, 5) is 14.6. The number of nitrogens with zero attached hydrogens (tertiary/aromatic N) is 2. The van der Waals surface area contributed by atoms with Crippen LogP contribution in [0.2, 0.25) is 0 Å². The molecule has 0 aliphatic heterocycles. The zero-order valence-corrected chi connectivity index (χ0v) is 13.4. The van der Waals surface area contributed by atoms with Crippen molar-refractivity contribution in [2.24, 2.45) is 0 Å². The Labute approximate surface area is 133 Å². The van der Waals surface area contributed by atoms with Crippen LogP contribution in [-0.2, 0) is 10.0 Å². The normalized spacial score (nSPS) is 12.6. The van der Waals surface area contributed by atoms with Gasteiger partial charge in [-0.1, -0.05) is 6.07 Å². The van der Waals surface area contributed by atoms with Crippen LogP contribution < -0.4 is 10.0 Å². The van der Waals surface area contributed by atoms with Gasteiger partial charge in [-0.2, -0.15) is 0 Å². The molecule has 0 aliphatic rings. The predicted molar refractivity (Wildman–Crippen MR) is 85.6 cm³/mol. The minimum atomic E-state index is -3.75. The van der Waals surface area contributed by atoms with Gasteiger partial charge in [0, 0.05) is 12.3 Å². The number of rotatable bonds is 6. The molecule has 1 heterocycles. The van der Waals surface area contributed by atoms with Crippen LogP contribution in [0, 0.1) is 10.1 Å². The highest BCUT2D eigenvalue weighted by molar-refractivity contribution is 7.89. The second kappa shape index (κ2) is 6.71. The molecule has 1 aromatic carbocycles. The van der Waals surface area contributed by atoms with E-state index in [0.29, 0.717) is 5.69 Å². The predicted octanol–water partition coefficient (Wildman–Crippen LogP) is 2.07. The lowest BCUT2D eigenvalue weighted by Crippen LogP contribution is -2.19. The average Bonchev–Trinajstić information content (AvgIpc) is 2.55. The Morgan fingerprint density at radius 2 is 2.00 bits per heavy atom. The van der Waals surface area contributed by atoms with Gasteiger partial charge in [0.15, 0.2) is 0 Å². The fourth-order valence-electron chi connectivity index (χ4n) is 2.01. The van der Waals surface area contributed by atoms with E-state index in [2.05, 4.69) is 15.0 Å². The van der Waals surface area contributed by atoms with Crippen molar-refractivity contribution in [3.05, 3.63) is 58.4 Å². The van der Waals surface area contributed by atoms with Crippen molar-refractivity contribution < 1.29 is 13.3 Å². The van der Waals surface area contributed by atoms with E-state index in [1.807, 2.05) is 13.0 Å². The van der Waals surface area contributed by atoms with Gasteiger partial charge in [-0.05, 0) is 38.2 Å². The van der Waals surface area contributed by atoms with Gasteiger partial charge < -0.3 is 5.32 Å². The maximum Gasteiger partial charge on any atom is 0.293 e. The van der Waals surface area contributed by atoms with E-state index in [4.69, 9.17) is 0 Å². The van der Waals surface area contributed by atoms with Gasteiger partial charge in [-0.3, -0.25) is 15.1 Å². The summed E-state index contributed by atoms with van der Waals surface area (Å²) in [7, 11) is -2.50. The van der Waals surface area contributed by atoms with Crippen LogP contribution in [0.4, 0.5) is 11.4 Å². The molecule has 0 bridgehead atoms. The summed E-state index contributed by atoms with van der Waals surface area (Å²) < 4.78 is 25.7. The molecule has 0 fully saturated rings. The second-order valence-corrected chi connectivity index (χ2v) is 6.65. The van der Waals surface area contributed by atoms with Crippen molar-refractivity contribution in [1.29, 1.82) is 0 Å². The van der Waals surface area contributed by atoms with Crippen LogP contribution >= 0.6 is 0 Å². The highest BCUT2D eigenvalue weighted by Crippen LogP contribution is 2.30. The van der Waals surface area contributed by atoms with E-state index in [-0.39, 0.29) is 22.3 Å². The van der Waals surface area contributed by atoms with Crippen molar-refractivity contribution >= 4 is 21.4 Å². The fraction of sp³-hybridized carbons (Fsp3) is 0.214. The van der Waals surface area contributed by atoms with Crippen LogP contribution in [0.5, 0.6) is 0 Å². The lowest BCUT2D eigenvalue weighted by Gasteiger charge is -2.15. The molecule has 0 saturated carbocycles. The Kier molecular flexibility index (Phi) is 4.92. The molecule has 122 valence electrons. The molecule has 1 unspecified atom stereocenters. The molecule has 0 amide bonds. The first-order valence-electron chi connectivity index (χ1n) is 6.74. The van der Waals surface area contributed by atoms with Gasteiger partial charge >= 0.3 is 0 Å². The topological polar surface area (TPSA) is 114 Å². The summed E-state index contributed by atoms with van der Waals surface area (Å²) in [6, 6.07) is 8.83. The minimum Gasteiger partial charge on any atom is -0.371 e. The monoisotopic (exact) mass is 336 g/mol. The lowest BCUT2D eigenvalue weighted by molar-refractivity contribution is -0.384. The molecule has 1 aromatic heterocycles. The largest absolute Gasteiger partial charge is 0.371 e. The summed E-state index contributed by atoms with van der Waals surface area (Å²) in [6.45, 7) is 1.81. The Hall–Kier alpha value is -2.52. The molecule has 1 atom stereocenters. The molecular formula is C14H16N4O4S. The molecule has 0 aliphatic carbocycles. The number of anilines is 1. The molecule has 2 rings (SSSR count). The van der Waals surface area contributed by atoms with Crippen molar-refractivity contribution in [3.8, 4) is 0 Å². The summed E-state index contributed by atoms with van der Waals surface area (Å²) in [5.41, 5.74) is 0.626. The summed E-state index contributed by atoms with van der Waals surface area (Å²) >= 11 is 0. The van der Waals surface area contributed by atoms with Gasteiger partial charge in [0.25, 0.3) is 5.69 Å². The van der Waals surface area contributed by atoms with E-state index < -0.39 is 14.9 Å². The number of nitro benzene ring substituents is 1. The van der Waals surface area contributed by atoms with E-state index >= 15 is 0 Å². The molecule has 9 heteroatoms. The smallest absolute Gasteiger partial charge is 0.293 e. The number of sulfonamides is 1. The zero-order valence-electron chi connectivity index (χ0n) is 12.6.